The molecule has 0 spiro atoms. The van der Waals surface area contributed by atoms with Gasteiger partial charge in [0.2, 0.25) is 11.1 Å². The minimum atomic E-state index is -0.124. The van der Waals surface area contributed by atoms with Crippen LogP contribution in [0.1, 0.15) is 26.3 Å². The number of nitrogen functional groups attached to an aromatic ring is 1. The van der Waals surface area contributed by atoms with Crippen LogP contribution in [0.2, 0.25) is 0 Å². The molecule has 3 aromatic rings. The Balaban J connectivity index is 1.66. The van der Waals surface area contributed by atoms with E-state index in [4.69, 9.17) is 10.6 Å². The monoisotopic (exact) mass is 411 g/mol. The first-order chi connectivity index (χ1) is 13.8. The quantitative estimate of drug-likeness (QED) is 0.474. The topological polar surface area (TPSA) is 95.1 Å². The second kappa shape index (κ2) is 8.57. The Morgan fingerprint density at radius 3 is 2.48 bits per heavy atom. The number of anilines is 1. The van der Waals surface area contributed by atoms with Crippen LogP contribution in [0.4, 0.5) is 5.69 Å². The molecule has 2 aromatic carbocycles. The van der Waals surface area contributed by atoms with Gasteiger partial charge in [-0.3, -0.25) is 4.79 Å². The van der Waals surface area contributed by atoms with Crippen molar-refractivity contribution in [1.82, 2.24) is 14.9 Å². The van der Waals surface area contributed by atoms with Crippen molar-refractivity contribution in [2.75, 3.05) is 24.0 Å². The second-order valence-corrected chi connectivity index (χ2v) is 8.48. The van der Waals surface area contributed by atoms with Crippen molar-refractivity contribution in [2.45, 2.75) is 31.3 Å². The number of aromatic nitrogens is 3. The van der Waals surface area contributed by atoms with Gasteiger partial charge >= 0.3 is 0 Å². The molecule has 0 fully saturated rings. The van der Waals surface area contributed by atoms with Gasteiger partial charge in [0.15, 0.2) is 5.82 Å². The molecule has 1 heterocycles. The number of nitrogens with one attached hydrogen (secondary N) is 1. The first-order valence-corrected chi connectivity index (χ1v) is 10.1. The minimum Gasteiger partial charge on any atom is -0.497 e. The third kappa shape index (κ3) is 4.89. The first-order valence-electron chi connectivity index (χ1n) is 9.16. The number of amides is 1. The molecule has 3 rings (SSSR count). The minimum absolute atomic E-state index is 0.0677. The molecule has 0 radical (unpaired) electrons. The third-order valence-electron chi connectivity index (χ3n) is 4.35. The lowest BCUT2D eigenvalue weighted by Crippen LogP contribution is -2.20. The van der Waals surface area contributed by atoms with Crippen LogP contribution in [0, 0.1) is 0 Å². The van der Waals surface area contributed by atoms with E-state index in [0.29, 0.717) is 11.0 Å². The van der Waals surface area contributed by atoms with Crippen molar-refractivity contribution >= 4 is 23.4 Å². The first kappa shape index (κ1) is 20.7. The Morgan fingerprint density at radius 1 is 1.14 bits per heavy atom. The van der Waals surface area contributed by atoms with Gasteiger partial charge in [-0.05, 0) is 41.3 Å². The molecule has 0 saturated heterocycles. The molecule has 0 aliphatic carbocycles. The number of nitrogens with two attached hydrogens (primary N) is 1. The number of hydrogen-bond acceptors (Lipinski definition) is 6. The number of carbonyl (C=O) groups is 1. The zero-order valence-electron chi connectivity index (χ0n) is 17.0. The van der Waals surface area contributed by atoms with Gasteiger partial charge < -0.3 is 15.9 Å². The van der Waals surface area contributed by atoms with Crippen molar-refractivity contribution in [2.24, 2.45) is 0 Å². The van der Waals surface area contributed by atoms with Crippen molar-refractivity contribution < 1.29 is 9.53 Å². The maximum atomic E-state index is 12.5. The average Bonchev–Trinajstić information content (AvgIpc) is 3.06. The summed E-state index contributed by atoms with van der Waals surface area (Å²) in [6.45, 7) is 6.35. The summed E-state index contributed by atoms with van der Waals surface area (Å²) in [6.07, 6.45) is 0. The summed E-state index contributed by atoms with van der Waals surface area (Å²) in [6, 6.07) is 15.2. The van der Waals surface area contributed by atoms with E-state index < -0.39 is 0 Å². The molecule has 152 valence electrons. The number of ether oxygens (including phenoxy) is 1. The zero-order chi connectivity index (χ0) is 21.0. The largest absolute Gasteiger partial charge is 0.497 e. The SMILES string of the molecule is COc1ccc(-c2nnc(SCC(=O)Nc3ccccc3C(C)(C)C)n2N)cc1. The molecule has 1 amide bonds. The van der Waals surface area contributed by atoms with Gasteiger partial charge in [-0.1, -0.05) is 50.7 Å². The molecule has 0 saturated carbocycles. The molecule has 0 aliphatic rings. The molecule has 8 heteroatoms. The van der Waals surface area contributed by atoms with Crippen LogP contribution in [0.25, 0.3) is 11.4 Å². The number of carbonyl (C=O) groups excluding carboxylic acids is 1. The van der Waals surface area contributed by atoms with Gasteiger partial charge in [0.1, 0.15) is 5.75 Å². The molecule has 7 nitrogen and oxygen atoms in total. The molecule has 29 heavy (non-hydrogen) atoms. The number of rotatable bonds is 6. The van der Waals surface area contributed by atoms with E-state index in [2.05, 4.69) is 36.3 Å². The Morgan fingerprint density at radius 2 is 1.83 bits per heavy atom. The lowest BCUT2D eigenvalue weighted by molar-refractivity contribution is -0.113. The van der Waals surface area contributed by atoms with Crippen molar-refractivity contribution in [3.8, 4) is 17.1 Å². The predicted octanol–water partition coefficient (Wildman–Crippen LogP) is 3.70. The van der Waals surface area contributed by atoms with E-state index >= 15 is 0 Å². The highest BCUT2D eigenvalue weighted by Gasteiger charge is 2.19. The highest BCUT2D eigenvalue weighted by Crippen LogP contribution is 2.29. The van der Waals surface area contributed by atoms with E-state index in [-0.39, 0.29) is 17.1 Å². The van der Waals surface area contributed by atoms with Crippen LogP contribution in [-0.2, 0) is 10.2 Å². The van der Waals surface area contributed by atoms with Crippen LogP contribution in [0.3, 0.4) is 0 Å². The molecular formula is C21H25N5O2S. The van der Waals surface area contributed by atoms with E-state index in [9.17, 15) is 4.79 Å². The summed E-state index contributed by atoms with van der Waals surface area (Å²) in [5.41, 5.74) is 2.65. The maximum absolute atomic E-state index is 12.5. The van der Waals surface area contributed by atoms with Crippen LogP contribution in [-0.4, -0.2) is 33.6 Å². The Kier molecular flexibility index (Phi) is 6.12. The fourth-order valence-electron chi connectivity index (χ4n) is 2.87. The molecule has 0 unspecified atom stereocenters. The van der Waals surface area contributed by atoms with E-state index in [0.717, 1.165) is 22.6 Å². The van der Waals surface area contributed by atoms with Crippen LogP contribution < -0.4 is 15.9 Å². The number of benzene rings is 2. The highest BCUT2D eigenvalue weighted by molar-refractivity contribution is 7.99. The molecule has 0 aliphatic heterocycles. The number of thioether (sulfide) groups is 1. The number of para-hydroxylation sites is 1. The number of methoxy groups -OCH3 is 1. The number of hydrogen-bond donors (Lipinski definition) is 2. The predicted molar refractivity (Wildman–Crippen MR) is 117 cm³/mol. The van der Waals surface area contributed by atoms with E-state index in [1.54, 1.807) is 7.11 Å². The highest BCUT2D eigenvalue weighted by atomic mass is 32.2. The Bertz CT molecular complexity index is 993. The van der Waals surface area contributed by atoms with Gasteiger partial charge in [-0.2, -0.15) is 0 Å². The van der Waals surface area contributed by atoms with Gasteiger partial charge in [-0.15, -0.1) is 10.2 Å². The van der Waals surface area contributed by atoms with Crippen LogP contribution in [0.15, 0.2) is 53.7 Å². The molecule has 0 atom stereocenters. The van der Waals surface area contributed by atoms with Gasteiger partial charge in [0, 0.05) is 11.3 Å². The molecule has 0 bridgehead atoms. The second-order valence-electron chi connectivity index (χ2n) is 7.54. The summed E-state index contributed by atoms with van der Waals surface area (Å²) in [4.78, 5) is 12.5. The fraction of sp³-hybridized carbons (Fsp3) is 0.286. The van der Waals surface area contributed by atoms with Gasteiger partial charge in [0.25, 0.3) is 0 Å². The summed E-state index contributed by atoms with van der Waals surface area (Å²) in [7, 11) is 1.61. The van der Waals surface area contributed by atoms with E-state index in [1.807, 2.05) is 48.5 Å². The van der Waals surface area contributed by atoms with Crippen LogP contribution >= 0.6 is 11.8 Å². The fourth-order valence-corrected chi connectivity index (χ4v) is 3.53. The zero-order valence-corrected chi connectivity index (χ0v) is 17.8. The Hall–Kier alpha value is -3.00. The summed E-state index contributed by atoms with van der Waals surface area (Å²) in [5.74, 6) is 7.46. The van der Waals surface area contributed by atoms with Crippen molar-refractivity contribution in [1.29, 1.82) is 0 Å². The lowest BCUT2D eigenvalue weighted by atomic mass is 9.86. The normalized spacial score (nSPS) is 11.3. The number of nitrogens with zero attached hydrogens (tertiary/aromatic N) is 3. The summed E-state index contributed by atoms with van der Waals surface area (Å²) >= 11 is 1.24. The van der Waals surface area contributed by atoms with E-state index in [1.165, 1.54) is 16.4 Å². The van der Waals surface area contributed by atoms with Crippen molar-refractivity contribution in [3.05, 3.63) is 54.1 Å². The molecule has 3 N–H and O–H groups in total. The Labute approximate surface area is 174 Å². The third-order valence-corrected chi connectivity index (χ3v) is 5.30. The smallest absolute Gasteiger partial charge is 0.234 e. The summed E-state index contributed by atoms with van der Waals surface area (Å²) in [5, 5.41) is 11.7. The average molecular weight is 412 g/mol. The lowest BCUT2D eigenvalue weighted by Gasteiger charge is -2.22. The molecular weight excluding hydrogens is 386 g/mol. The van der Waals surface area contributed by atoms with Crippen molar-refractivity contribution in [3.63, 3.8) is 0 Å². The van der Waals surface area contributed by atoms with Crippen LogP contribution in [0.5, 0.6) is 5.75 Å². The maximum Gasteiger partial charge on any atom is 0.234 e. The molecule has 1 aromatic heterocycles. The standard InChI is InChI=1S/C21H25N5O2S/c1-21(2,3)16-7-5-6-8-17(16)23-18(27)13-29-20-25-24-19(26(20)22)14-9-11-15(28-4)12-10-14/h5-12H,13,22H2,1-4H3,(H,23,27). The summed E-state index contributed by atoms with van der Waals surface area (Å²) < 4.78 is 6.55. The van der Waals surface area contributed by atoms with Gasteiger partial charge in [0.05, 0.1) is 12.9 Å². The van der Waals surface area contributed by atoms with Gasteiger partial charge in [-0.25, -0.2) is 4.68 Å².